The van der Waals surface area contributed by atoms with Crippen LogP contribution < -0.4 is 5.32 Å². The second-order valence-corrected chi connectivity index (χ2v) is 7.76. The van der Waals surface area contributed by atoms with E-state index in [1.54, 1.807) is 7.11 Å². The molecule has 4 rings (SSSR count). The Labute approximate surface area is 164 Å². The number of carbonyl (C=O) groups is 1. The molecule has 2 fully saturated rings. The number of fused-ring (bicyclic) bond motifs is 2. The van der Waals surface area contributed by atoms with Crippen LogP contribution in [0.15, 0.2) is 28.8 Å². The fourth-order valence-corrected chi connectivity index (χ4v) is 4.38. The number of hydrogen-bond acceptors (Lipinski definition) is 7. The molecule has 4 atom stereocenters. The summed E-state index contributed by atoms with van der Waals surface area (Å²) in [5.41, 5.74) is 1.86. The minimum atomic E-state index is -0.308. The number of benzene rings is 1. The van der Waals surface area contributed by atoms with E-state index in [0.717, 1.165) is 24.0 Å². The summed E-state index contributed by atoms with van der Waals surface area (Å²) in [7, 11) is 1.57. The number of ketones is 1. The smallest absolute Gasteiger partial charge is 0.252 e. The normalized spacial score (nSPS) is 24.2. The quantitative estimate of drug-likeness (QED) is 0.751. The van der Waals surface area contributed by atoms with Gasteiger partial charge in [0.15, 0.2) is 5.78 Å². The molecule has 2 aromatic rings. The summed E-state index contributed by atoms with van der Waals surface area (Å²) in [5, 5.41) is 16.9. The zero-order chi connectivity index (χ0) is 19.5. The van der Waals surface area contributed by atoms with Crippen molar-refractivity contribution in [3.8, 4) is 17.5 Å². The number of nitrogens with one attached hydrogen (secondary N) is 1. The summed E-state index contributed by atoms with van der Waals surface area (Å²) in [6, 6.07) is 10.5. The molecule has 7 nitrogen and oxygen atoms in total. The zero-order valence-corrected chi connectivity index (χ0v) is 15.9. The Balaban J connectivity index is 1.35. The van der Waals surface area contributed by atoms with Gasteiger partial charge in [0, 0.05) is 25.1 Å². The third-order valence-corrected chi connectivity index (χ3v) is 5.77. The van der Waals surface area contributed by atoms with Gasteiger partial charge in [-0.2, -0.15) is 10.2 Å². The molecule has 1 aromatic heterocycles. The Bertz CT molecular complexity index is 871. The number of nitriles is 1. The van der Waals surface area contributed by atoms with Gasteiger partial charge in [-0.05, 0) is 37.2 Å². The molecule has 0 spiro atoms. The van der Waals surface area contributed by atoms with Crippen LogP contribution in [-0.2, 0) is 22.6 Å². The molecule has 0 amide bonds. The van der Waals surface area contributed by atoms with E-state index in [-0.39, 0.29) is 24.3 Å². The number of ether oxygens (including phenoxy) is 1. The predicted molar refractivity (Wildman–Crippen MR) is 101 cm³/mol. The zero-order valence-electron chi connectivity index (χ0n) is 15.9. The summed E-state index contributed by atoms with van der Waals surface area (Å²) >= 11 is 0. The van der Waals surface area contributed by atoms with E-state index < -0.39 is 0 Å². The third-order valence-electron chi connectivity index (χ3n) is 5.77. The summed E-state index contributed by atoms with van der Waals surface area (Å²) < 4.78 is 10.1. The van der Waals surface area contributed by atoms with Crippen molar-refractivity contribution in [2.75, 3.05) is 7.11 Å². The van der Waals surface area contributed by atoms with E-state index in [1.165, 1.54) is 6.42 Å². The van der Waals surface area contributed by atoms with Crippen molar-refractivity contribution in [2.45, 2.75) is 50.8 Å². The highest BCUT2D eigenvalue weighted by atomic mass is 16.5. The molecule has 1 N–H and O–H groups in total. The molecular weight excluding hydrogens is 356 g/mol. The molecule has 0 radical (unpaired) electrons. The Morgan fingerprint density at radius 3 is 2.86 bits per heavy atom. The van der Waals surface area contributed by atoms with Crippen molar-refractivity contribution in [2.24, 2.45) is 11.8 Å². The van der Waals surface area contributed by atoms with E-state index >= 15 is 0 Å². The number of Topliss-reactive ketones (excluding diaryl/α,β-unsaturated/α-hetero) is 1. The Morgan fingerprint density at radius 1 is 1.39 bits per heavy atom. The number of hydrogen-bond donors (Lipinski definition) is 1. The lowest BCUT2D eigenvalue weighted by molar-refractivity contribution is -0.122. The van der Waals surface area contributed by atoms with E-state index in [2.05, 4.69) is 21.5 Å². The largest absolute Gasteiger partial charge is 0.375 e. The first-order valence-electron chi connectivity index (χ1n) is 9.75. The summed E-state index contributed by atoms with van der Waals surface area (Å²) in [4.78, 5) is 16.9. The average Bonchev–Trinajstić information content (AvgIpc) is 3.45. The van der Waals surface area contributed by atoms with Crippen LogP contribution in [0.25, 0.3) is 11.4 Å². The summed E-state index contributed by atoms with van der Waals surface area (Å²) in [6.45, 7) is 0.278. The second kappa shape index (κ2) is 8.21. The van der Waals surface area contributed by atoms with Gasteiger partial charge in [0.1, 0.15) is 6.61 Å². The number of carbonyl (C=O) groups excluding carboxylic acids is 1. The van der Waals surface area contributed by atoms with Crippen LogP contribution >= 0.6 is 0 Å². The first kappa shape index (κ1) is 18.8. The number of piperidine rings is 1. The van der Waals surface area contributed by atoms with Gasteiger partial charge < -0.3 is 14.6 Å². The maximum absolute atomic E-state index is 12.6. The number of methoxy groups -OCH3 is 1. The molecule has 146 valence electrons. The minimum absolute atomic E-state index is 0.0449. The molecule has 2 aliphatic rings. The number of rotatable bonds is 8. The summed E-state index contributed by atoms with van der Waals surface area (Å²) in [6.07, 6.45) is 4.29. The summed E-state index contributed by atoms with van der Waals surface area (Å²) in [5.74, 6) is 1.28. The lowest BCUT2D eigenvalue weighted by Crippen LogP contribution is -2.42. The molecule has 0 unspecified atom stereocenters. The van der Waals surface area contributed by atoms with Gasteiger partial charge in [0.05, 0.1) is 18.0 Å². The maximum atomic E-state index is 12.6. The van der Waals surface area contributed by atoms with Gasteiger partial charge in [-0.15, -0.1) is 0 Å². The van der Waals surface area contributed by atoms with Crippen molar-refractivity contribution in [3.05, 3.63) is 35.7 Å². The molecule has 7 heteroatoms. The van der Waals surface area contributed by atoms with E-state index in [0.29, 0.717) is 36.5 Å². The monoisotopic (exact) mass is 380 g/mol. The van der Waals surface area contributed by atoms with Crippen LogP contribution in [-0.4, -0.2) is 35.1 Å². The SMILES string of the molecule is COCc1nc(-c2ccc(C[C@@H](C#N)CC(=O)[C@H]3N[C@@H]4CC[C@H]3C4)cc2)no1. The highest BCUT2D eigenvalue weighted by Crippen LogP contribution is 2.36. The van der Waals surface area contributed by atoms with Gasteiger partial charge in [-0.3, -0.25) is 4.79 Å². The number of aromatic nitrogens is 2. The van der Waals surface area contributed by atoms with Crippen LogP contribution in [0.4, 0.5) is 0 Å². The van der Waals surface area contributed by atoms with E-state index in [4.69, 9.17) is 9.26 Å². The second-order valence-electron chi connectivity index (χ2n) is 7.76. The fourth-order valence-electron chi connectivity index (χ4n) is 4.38. The van der Waals surface area contributed by atoms with Crippen LogP contribution in [0.1, 0.15) is 37.1 Å². The predicted octanol–water partition coefficient (Wildman–Crippen LogP) is 2.66. The highest BCUT2D eigenvalue weighted by molar-refractivity contribution is 5.85. The molecule has 2 heterocycles. The van der Waals surface area contributed by atoms with Crippen molar-refractivity contribution in [1.29, 1.82) is 5.26 Å². The minimum Gasteiger partial charge on any atom is -0.375 e. The van der Waals surface area contributed by atoms with Crippen molar-refractivity contribution < 1.29 is 14.1 Å². The van der Waals surface area contributed by atoms with Gasteiger partial charge in [-0.1, -0.05) is 29.4 Å². The lowest BCUT2D eigenvalue weighted by Gasteiger charge is -2.22. The molecular formula is C21H24N4O3. The Kier molecular flexibility index (Phi) is 5.51. The molecule has 1 aliphatic carbocycles. The molecule has 1 aromatic carbocycles. The molecule has 1 saturated carbocycles. The van der Waals surface area contributed by atoms with Crippen molar-refractivity contribution in [3.63, 3.8) is 0 Å². The number of nitrogens with zero attached hydrogens (tertiary/aromatic N) is 3. The molecule has 1 aliphatic heterocycles. The first-order chi connectivity index (χ1) is 13.7. The van der Waals surface area contributed by atoms with Crippen molar-refractivity contribution in [1.82, 2.24) is 15.5 Å². The average molecular weight is 380 g/mol. The van der Waals surface area contributed by atoms with Crippen LogP contribution in [0.2, 0.25) is 0 Å². The van der Waals surface area contributed by atoms with Crippen LogP contribution in [0, 0.1) is 23.2 Å². The molecule has 2 bridgehead atoms. The fraction of sp³-hybridized carbons (Fsp3) is 0.524. The van der Waals surface area contributed by atoms with Gasteiger partial charge >= 0.3 is 0 Å². The van der Waals surface area contributed by atoms with E-state index in [1.807, 2.05) is 24.3 Å². The maximum Gasteiger partial charge on any atom is 0.252 e. The molecule has 1 saturated heterocycles. The van der Waals surface area contributed by atoms with Gasteiger partial charge in [0.25, 0.3) is 5.89 Å². The Hall–Kier alpha value is -2.56. The van der Waals surface area contributed by atoms with Gasteiger partial charge in [-0.25, -0.2) is 0 Å². The standard InChI is InChI=1S/C21H24N4O3/c1-27-12-19-24-21(25-28-19)15-4-2-13(3-5-15)8-14(11-22)9-18(26)20-16-6-7-17(10-16)23-20/h2-5,14,16-17,20,23H,6-10,12H2,1H3/t14-,16+,17-,20+/m1/s1. The third kappa shape index (κ3) is 3.98. The Morgan fingerprint density at radius 2 is 2.21 bits per heavy atom. The highest BCUT2D eigenvalue weighted by Gasteiger charge is 2.42. The van der Waals surface area contributed by atoms with Crippen LogP contribution in [0.5, 0.6) is 0 Å². The van der Waals surface area contributed by atoms with Crippen LogP contribution in [0.3, 0.4) is 0 Å². The van der Waals surface area contributed by atoms with Gasteiger partial charge in [0.2, 0.25) is 5.82 Å². The first-order valence-corrected chi connectivity index (χ1v) is 9.75. The van der Waals surface area contributed by atoms with Crippen molar-refractivity contribution >= 4 is 5.78 Å². The lowest BCUT2D eigenvalue weighted by atomic mass is 9.88. The molecule has 28 heavy (non-hydrogen) atoms. The topological polar surface area (TPSA) is 101 Å². The van der Waals surface area contributed by atoms with E-state index in [9.17, 15) is 10.1 Å².